The zero-order chi connectivity index (χ0) is 13.3. The summed E-state index contributed by atoms with van der Waals surface area (Å²) in [6.07, 6.45) is 9.60. The Kier molecular flexibility index (Phi) is 4.16. The van der Waals surface area contributed by atoms with Crippen LogP contribution in [0.25, 0.3) is 0 Å². The lowest BCUT2D eigenvalue weighted by atomic mass is 9.72. The smallest absolute Gasteiger partial charge is 0.0686 e. The second-order valence-corrected chi connectivity index (χ2v) is 6.98. The number of hydrogen-bond acceptors (Lipinski definition) is 3. The van der Waals surface area contributed by atoms with E-state index in [4.69, 9.17) is 9.47 Å². The van der Waals surface area contributed by atoms with Gasteiger partial charge in [-0.3, -0.25) is 0 Å². The third-order valence-electron chi connectivity index (χ3n) is 5.49. The highest BCUT2D eigenvalue weighted by molar-refractivity contribution is 4.93. The highest BCUT2D eigenvalue weighted by atomic mass is 16.5. The van der Waals surface area contributed by atoms with Gasteiger partial charge in [0.05, 0.1) is 24.4 Å². The molecule has 0 aromatic heterocycles. The first-order valence-corrected chi connectivity index (χ1v) is 8.12. The van der Waals surface area contributed by atoms with Gasteiger partial charge in [-0.15, -0.1) is 0 Å². The predicted molar refractivity (Wildman–Crippen MR) is 74.0 cm³/mol. The molecule has 110 valence electrons. The Bertz CT molecular complexity index is 293. The molecular weight excluding hydrogens is 240 g/mol. The average Bonchev–Trinajstić information content (AvgIpc) is 2.85. The van der Waals surface area contributed by atoms with Gasteiger partial charge in [-0.2, -0.15) is 0 Å². The first-order chi connectivity index (χ1) is 9.19. The quantitative estimate of drug-likeness (QED) is 0.837. The Hall–Kier alpha value is -0.120. The molecule has 2 aliphatic heterocycles. The fraction of sp³-hybridized carbons (Fsp3) is 1.00. The van der Waals surface area contributed by atoms with E-state index < -0.39 is 0 Å². The van der Waals surface area contributed by atoms with Crippen molar-refractivity contribution in [2.75, 3.05) is 13.2 Å². The van der Waals surface area contributed by atoms with Crippen molar-refractivity contribution in [3.8, 4) is 0 Å². The van der Waals surface area contributed by atoms with Crippen LogP contribution in [0.1, 0.15) is 58.3 Å². The number of aliphatic hydroxyl groups excluding tert-OH is 1. The number of ether oxygens (including phenoxy) is 2. The molecule has 0 aromatic rings. The predicted octanol–water partition coefficient (Wildman–Crippen LogP) is 2.90. The summed E-state index contributed by atoms with van der Waals surface area (Å²) in [6.45, 7) is 3.69. The minimum Gasteiger partial charge on any atom is -0.392 e. The van der Waals surface area contributed by atoms with Crippen LogP contribution in [0.2, 0.25) is 0 Å². The Balaban J connectivity index is 1.61. The van der Waals surface area contributed by atoms with Crippen LogP contribution in [0, 0.1) is 11.8 Å². The van der Waals surface area contributed by atoms with Gasteiger partial charge in [0.15, 0.2) is 0 Å². The summed E-state index contributed by atoms with van der Waals surface area (Å²) >= 11 is 0. The minimum atomic E-state index is -0.187. The first kappa shape index (κ1) is 13.8. The maximum Gasteiger partial charge on any atom is 0.0686 e. The molecule has 3 aliphatic rings. The van der Waals surface area contributed by atoms with Gasteiger partial charge in [0.1, 0.15) is 0 Å². The molecule has 4 unspecified atom stereocenters. The van der Waals surface area contributed by atoms with Gasteiger partial charge in [-0.25, -0.2) is 0 Å². The van der Waals surface area contributed by atoms with E-state index in [0.29, 0.717) is 17.9 Å². The summed E-state index contributed by atoms with van der Waals surface area (Å²) in [6, 6.07) is 0. The van der Waals surface area contributed by atoms with Crippen molar-refractivity contribution in [3.63, 3.8) is 0 Å². The van der Waals surface area contributed by atoms with Crippen molar-refractivity contribution < 1.29 is 14.6 Å². The zero-order valence-electron chi connectivity index (χ0n) is 12.1. The van der Waals surface area contributed by atoms with Crippen LogP contribution in [0.5, 0.6) is 0 Å². The van der Waals surface area contributed by atoms with E-state index in [9.17, 15) is 5.11 Å². The monoisotopic (exact) mass is 268 g/mol. The maximum atomic E-state index is 10.7. The van der Waals surface area contributed by atoms with Gasteiger partial charge in [-0.1, -0.05) is 19.3 Å². The van der Waals surface area contributed by atoms with Crippen LogP contribution in [0.15, 0.2) is 0 Å². The molecule has 3 heteroatoms. The minimum absolute atomic E-state index is 0.104. The lowest BCUT2D eigenvalue weighted by Gasteiger charge is -2.45. The van der Waals surface area contributed by atoms with Gasteiger partial charge < -0.3 is 14.6 Å². The Morgan fingerprint density at radius 1 is 1.16 bits per heavy atom. The molecule has 0 amide bonds. The summed E-state index contributed by atoms with van der Waals surface area (Å²) in [7, 11) is 0. The highest BCUT2D eigenvalue weighted by Gasteiger charge is 2.43. The number of aliphatic hydroxyl groups is 1. The van der Waals surface area contributed by atoms with Crippen LogP contribution in [-0.2, 0) is 9.47 Å². The van der Waals surface area contributed by atoms with E-state index in [2.05, 4.69) is 6.92 Å². The van der Waals surface area contributed by atoms with Crippen LogP contribution in [-0.4, -0.2) is 36.1 Å². The third kappa shape index (κ3) is 2.98. The van der Waals surface area contributed by atoms with E-state index >= 15 is 0 Å². The summed E-state index contributed by atoms with van der Waals surface area (Å²) in [5, 5.41) is 10.7. The zero-order valence-corrected chi connectivity index (χ0v) is 12.1. The number of rotatable bonds is 2. The number of hydrogen-bond donors (Lipinski definition) is 1. The van der Waals surface area contributed by atoms with Gasteiger partial charge in [0.25, 0.3) is 0 Å². The molecule has 1 spiro atoms. The molecule has 3 rings (SSSR count). The Morgan fingerprint density at radius 3 is 2.63 bits per heavy atom. The van der Waals surface area contributed by atoms with Crippen LogP contribution in [0.4, 0.5) is 0 Å². The maximum absolute atomic E-state index is 10.7. The highest BCUT2D eigenvalue weighted by Crippen LogP contribution is 2.43. The Labute approximate surface area is 116 Å². The second-order valence-electron chi connectivity index (χ2n) is 6.98. The standard InChI is InChI=1S/C16H28O3/c1-12-9-14(11-18-12)15(17)13-5-8-19-16(10-13)6-3-2-4-7-16/h12-15,17H,2-11H2,1H3. The lowest BCUT2D eigenvalue weighted by Crippen LogP contribution is -2.45. The summed E-state index contributed by atoms with van der Waals surface area (Å²) in [5.41, 5.74) is 0.104. The van der Waals surface area contributed by atoms with Crippen LogP contribution in [0.3, 0.4) is 0 Å². The summed E-state index contributed by atoms with van der Waals surface area (Å²) in [5.74, 6) is 0.768. The molecule has 4 atom stereocenters. The van der Waals surface area contributed by atoms with Gasteiger partial charge in [-0.05, 0) is 44.9 Å². The van der Waals surface area contributed by atoms with Gasteiger partial charge in [0, 0.05) is 12.5 Å². The van der Waals surface area contributed by atoms with Crippen molar-refractivity contribution in [2.45, 2.75) is 76.1 Å². The molecule has 3 nitrogen and oxygen atoms in total. The van der Waals surface area contributed by atoms with Crippen LogP contribution < -0.4 is 0 Å². The molecule has 0 aromatic carbocycles. The van der Waals surface area contributed by atoms with E-state index in [0.717, 1.165) is 32.5 Å². The third-order valence-corrected chi connectivity index (χ3v) is 5.49. The van der Waals surface area contributed by atoms with Gasteiger partial charge >= 0.3 is 0 Å². The van der Waals surface area contributed by atoms with E-state index in [-0.39, 0.29) is 11.7 Å². The molecule has 19 heavy (non-hydrogen) atoms. The van der Waals surface area contributed by atoms with E-state index in [1.807, 2.05) is 0 Å². The van der Waals surface area contributed by atoms with Crippen LogP contribution >= 0.6 is 0 Å². The topological polar surface area (TPSA) is 38.7 Å². The molecule has 0 radical (unpaired) electrons. The molecule has 0 bridgehead atoms. The average molecular weight is 268 g/mol. The fourth-order valence-corrected chi connectivity index (χ4v) is 4.37. The van der Waals surface area contributed by atoms with Crippen molar-refractivity contribution in [1.82, 2.24) is 0 Å². The fourth-order valence-electron chi connectivity index (χ4n) is 4.37. The first-order valence-electron chi connectivity index (χ1n) is 8.12. The summed E-state index contributed by atoms with van der Waals surface area (Å²) in [4.78, 5) is 0. The van der Waals surface area contributed by atoms with Gasteiger partial charge in [0.2, 0.25) is 0 Å². The van der Waals surface area contributed by atoms with E-state index in [1.54, 1.807) is 0 Å². The molecular formula is C16H28O3. The van der Waals surface area contributed by atoms with Crippen molar-refractivity contribution in [3.05, 3.63) is 0 Å². The molecule has 3 fully saturated rings. The molecule has 1 N–H and O–H groups in total. The van der Waals surface area contributed by atoms with Crippen molar-refractivity contribution >= 4 is 0 Å². The SMILES string of the molecule is CC1CC(C(O)C2CCOC3(CCCCC3)C2)CO1. The van der Waals surface area contributed by atoms with E-state index in [1.165, 1.54) is 32.1 Å². The Morgan fingerprint density at radius 2 is 1.95 bits per heavy atom. The molecule has 1 saturated carbocycles. The van der Waals surface area contributed by atoms with Crippen molar-refractivity contribution in [2.24, 2.45) is 11.8 Å². The molecule has 1 aliphatic carbocycles. The second kappa shape index (κ2) is 5.71. The molecule has 2 saturated heterocycles. The molecule has 2 heterocycles. The summed E-state index contributed by atoms with van der Waals surface area (Å²) < 4.78 is 11.8. The van der Waals surface area contributed by atoms with Crippen molar-refractivity contribution in [1.29, 1.82) is 0 Å². The normalized spacial score (nSPS) is 40.4. The largest absolute Gasteiger partial charge is 0.392 e. The lowest BCUT2D eigenvalue weighted by molar-refractivity contribution is -0.139.